The van der Waals surface area contributed by atoms with Gasteiger partial charge in [-0.05, 0) is 62.2 Å². The summed E-state index contributed by atoms with van der Waals surface area (Å²) >= 11 is 0. The fourth-order valence-electron chi connectivity index (χ4n) is 3.99. The van der Waals surface area contributed by atoms with E-state index in [0.717, 1.165) is 16.3 Å². The molecule has 1 N–H and O–H groups in total. The molecule has 40 heavy (non-hydrogen) atoms. The first kappa shape index (κ1) is 30.5. The van der Waals surface area contributed by atoms with Crippen molar-refractivity contribution in [2.24, 2.45) is 0 Å². The van der Waals surface area contributed by atoms with Gasteiger partial charge in [0.2, 0.25) is 11.8 Å². The van der Waals surface area contributed by atoms with Crippen molar-refractivity contribution in [2.75, 3.05) is 25.1 Å². The van der Waals surface area contributed by atoms with E-state index in [9.17, 15) is 18.0 Å². The van der Waals surface area contributed by atoms with E-state index in [1.807, 2.05) is 13.8 Å². The van der Waals surface area contributed by atoms with Gasteiger partial charge < -0.3 is 19.7 Å². The second kappa shape index (κ2) is 13.8. The lowest BCUT2D eigenvalue weighted by atomic mass is 10.1. The van der Waals surface area contributed by atoms with Crippen LogP contribution in [0.3, 0.4) is 0 Å². The van der Waals surface area contributed by atoms with E-state index in [-0.39, 0.29) is 29.1 Å². The van der Waals surface area contributed by atoms with Crippen LogP contribution in [0.2, 0.25) is 0 Å². The molecule has 2 unspecified atom stereocenters. The fourth-order valence-corrected chi connectivity index (χ4v) is 5.42. The van der Waals surface area contributed by atoms with Crippen LogP contribution in [0.5, 0.6) is 11.5 Å². The van der Waals surface area contributed by atoms with Crippen LogP contribution in [0.1, 0.15) is 32.8 Å². The molecule has 0 aliphatic rings. The molecule has 0 bridgehead atoms. The second-order valence-corrected chi connectivity index (χ2v) is 11.3. The highest BCUT2D eigenvalue weighted by Gasteiger charge is 2.33. The van der Waals surface area contributed by atoms with Gasteiger partial charge in [0.1, 0.15) is 24.1 Å². The van der Waals surface area contributed by atoms with E-state index in [1.165, 1.54) is 24.1 Å². The monoisotopic (exact) mass is 567 g/mol. The molecule has 0 aliphatic heterocycles. The molecular weight excluding hydrogens is 530 g/mol. The van der Waals surface area contributed by atoms with Crippen LogP contribution in [0.15, 0.2) is 83.8 Å². The summed E-state index contributed by atoms with van der Waals surface area (Å²) in [5.74, 6) is 0.233. The highest BCUT2D eigenvalue weighted by molar-refractivity contribution is 7.92. The number of nitrogens with zero attached hydrogens (tertiary/aromatic N) is 2. The van der Waals surface area contributed by atoms with Crippen LogP contribution in [0, 0.1) is 0 Å². The number of amides is 2. The first-order chi connectivity index (χ1) is 19.1. The number of ether oxygens (including phenoxy) is 2. The predicted octanol–water partition coefficient (Wildman–Crippen LogP) is 4.23. The first-order valence-electron chi connectivity index (χ1n) is 13.0. The van der Waals surface area contributed by atoms with E-state index < -0.39 is 28.5 Å². The summed E-state index contributed by atoms with van der Waals surface area (Å²) in [5.41, 5.74) is 1.02. The lowest BCUT2D eigenvalue weighted by molar-refractivity contribution is -0.139. The Balaban J connectivity index is 2.02. The molecule has 0 spiro atoms. The summed E-state index contributed by atoms with van der Waals surface area (Å²) in [5, 5.41) is 2.92. The van der Waals surface area contributed by atoms with Gasteiger partial charge in [0, 0.05) is 18.7 Å². The number of hydrogen-bond acceptors (Lipinski definition) is 6. The standard InChI is InChI=1S/C30H37N3O6S/c1-6-22(2)31-30(35)23(3)32(20-24-15-17-26(38-4)18-16-24)29(34)21-33(25-11-10-12-27(19-25)39-5)40(36,37)28-13-8-7-9-14-28/h7-19,22-23H,6,20-21H2,1-5H3,(H,31,35). The smallest absolute Gasteiger partial charge is 0.264 e. The molecule has 0 radical (unpaired) electrons. The van der Waals surface area contributed by atoms with E-state index in [0.29, 0.717) is 11.5 Å². The number of hydrogen-bond donors (Lipinski definition) is 1. The largest absolute Gasteiger partial charge is 0.497 e. The molecule has 3 rings (SSSR count). The average molecular weight is 568 g/mol. The molecule has 0 fully saturated rings. The van der Waals surface area contributed by atoms with Crippen molar-refractivity contribution >= 4 is 27.5 Å². The summed E-state index contributed by atoms with van der Waals surface area (Å²) < 4.78 is 39.3. The van der Waals surface area contributed by atoms with Crippen molar-refractivity contribution in [3.05, 3.63) is 84.4 Å². The zero-order chi connectivity index (χ0) is 29.3. The van der Waals surface area contributed by atoms with E-state index >= 15 is 0 Å². The molecule has 0 aliphatic carbocycles. The number of methoxy groups -OCH3 is 2. The highest BCUT2D eigenvalue weighted by Crippen LogP contribution is 2.27. The number of benzene rings is 3. The van der Waals surface area contributed by atoms with Gasteiger partial charge in [0.25, 0.3) is 10.0 Å². The summed E-state index contributed by atoms with van der Waals surface area (Å²) in [7, 11) is -1.10. The maximum Gasteiger partial charge on any atom is 0.264 e. The SMILES string of the molecule is CCC(C)NC(=O)C(C)N(Cc1ccc(OC)cc1)C(=O)CN(c1cccc(OC)c1)S(=O)(=O)c1ccccc1. The Hall–Kier alpha value is -4.05. The quantitative estimate of drug-likeness (QED) is 0.332. The normalized spacial score (nSPS) is 12.6. The molecule has 3 aromatic carbocycles. The molecule has 10 heteroatoms. The highest BCUT2D eigenvalue weighted by atomic mass is 32.2. The number of carbonyl (C=O) groups is 2. The Morgan fingerprint density at radius 1 is 0.875 bits per heavy atom. The molecule has 214 valence electrons. The van der Waals surface area contributed by atoms with Crippen molar-refractivity contribution in [3.8, 4) is 11.5 Å². The Morgan fingerprint density at radius 3 is 2.12 bits per heavy atom. The lowest BCUT2D eigenvalue weighted by Crippen LogP contribution is -2.52. The number of anilines is 1. The third-order valence-electron chi connectivity index (χ3n) is 6.63. The third-order valence-corrected chi connectivity index (χ3v) is 8.42. The van der Waals surface area contributed by atoms with Crippen LogP contribution in [-0.4, -0.2) is 58.0 Å². The maximum atomic E-state index is 14.0. The number of nitrogens with one attached hydrogen (secondary N) is 1. The lowest BCUT2D eigenvalue weighted by Gasteiger charge is -2.32. The van der Waals surface area contributed by atoms with Gasteiger partial charge in [-0.2, -0.15) is 0 Å². The Labute approximate surface area is 236 Å². The summed E-state index contributed by atoms with van der Waals surface area (Å²) in [4.78, 5) is 28.5. The maximum absolute atomic E-state index is 14.0. The molecule has 2 amide bonds. The molecule has 2 atom stereocenters. The van der Waals surface area contributed by atoms with Gasteiger partial charge in [-0.15, -0.1) is 0 Å². The van der Waals surface area contributed by atoms with Crippen LogP contribution >= 0.6 is 0 Å². The van der Waals surface area contributed by atoms with Crippen LogP contribution in [-0.2, 0) is 26.2 Å². The Morgan fingerprint density at radius 2 is 1.52 bits per heavy atom. The molecule has 3 aromatic rings. The van der Waals surface area contributed by atoms with Crippen LogP contribution in [0.4, 0.5) is 5.69 Å². The van der Waals surface area contributed by atoms with Gasteiger partial charge in [-0.1, -0.05) is 43.3 Å². The van der Waals surface area contributed by atoms with Gasteiger partial charge in [0.15, 0.2) is 0 Å². The van der Waals surface area contributed by atoms with E-state index in [2.05, 4.69) is 5.32 Å². The van der Waals surface area contributed by atoms with Gasteiger partial charge in [-0.3, -0.25) is 13.9 Å². The van der Waals surface area contributed by atoms with Crippen molar-refractivity contribution in [3.63, 3.8) is 0 Å². The molecular formula is C30H37N3O6S. The second-order valence-electron chi connectivity index (χ2n) is 9.39. The molecule has 0 heterocycles. The van der Waals surface area contributed by atoms with E-state index in [4.69, 9.17) is 9.47 Å². The van der Waals surface area contributed by atoms with Gasteiger partial charge >= 0.3 is 0 Å². The van der Waals surface area contributed by atoms with Gasteiger partial charge in [0.05, 0.1) is 24.8 Å². The number of carbonyl (C=O) groups excluding carboxylic acids is 2. The summed E-state index contributed by atoms with van der Waals surface area (Å²) in [6.07, 6.45) is 0.726. The Bertz CT molecular complexity index is 1380. The number of sulfonamides is 1. The molecule has 0 saturated carbocycles. The topological polar surface area (TPSA) is 105 Å². The minimum atomic E-state index is -4.15. The summed E-state index contributed by atoms with van der Waals surface area (Å²) in [6.45, 7) is 5.05. The molecule has 0 aromatic heterocycles. The average Bonchev–Trinajstić information content (AvgIpc) is 2.98. The van der Waals surface area contributed by atoms with Crippen LogP contribution < -0.4 is 19.1 Å². The first-order valence-corrected chi connectivity index (χ1v) is 14.5. The zero-order valence-electron chi connectivity index (χ0n) is 23.5. The zero-order valence-corrected chi connectivity index (χ0v) is 24.4. The molecule has 0 saturated heterocycles. The predicted molar refractivity (Wildman–Crippen MR) is 155 cm³/mol. The third kappa shape index (κ3) is 7.53. The van der Waals surface area contributed by atoms with Crippen molar-refractivity contribution in [1.29, 1.82) is 0 Å². The van der Waals surface area contributed by atoms with E-state index in [1.54, 1.807) is 80.8 Å². The van der Waals surface area contributed by atoms with Crippen molar-refractivity contribution in [1.82, 2.24) is 10.2 Å². The Kier molecular flexibility index (Phi) is 10.6. The van der Waals surface area contributed by atoms with Crippen LogP contribution in [0.25, 0.3) is 0 Å². The van der Waals surface area contributed by atoms with Crippen molar-refractivity contribution < 1.29 is 27.5 Å². The summed E-state index contributed by atoms with van der Waals surface area (Å²) in [6, 6.07) is 20.6. The molecule has 9 nitrogen and oxygen atoms in total. The minimum Gasteiger partial charge on any atom is -0.497 e. The number of rotatable bonds is 13. The fraction of sp³-hybridized carbons (Fsp3) is 0.333. The van der Waals surface area contributed by atoms with Crippen molar-refractivity contribution in [2.45, 2.75) is 50.7 Å². The minimum absolute atomic E-state index is 0.0369. The van der Waals surface area contributed by atoms with Gasteiger partial charge in [-0.25, -0.2) is 8.42 Å².